The molecule has 1 aromatic heterocycles. The number of hydrogen-bond donors (Lipinski definition) is 2. The highest BCUT2D eigenvalue weighted by molar-refractivity contribution is 5.79. The van der Waals surface area contributed by atoms with Gasteiger partial charge in [-0.05, 0) is 32.4 Å². The molecule has 136 valence electrons. The van der Waals surface area contributed by atoms with Gasteiger partial charge in [-0.2, -0.15) is 0 Å². The largest absolute Gasteiger partial charge is 0.443 e. The van der Waals surface area contributed by atoms with Crippen LogP contribution in [-0.2, 0) is 12.0 Å². The molecular formula is C18H33N5O. The maximum absolute atomic E-state index is 5.80. The number of nitrogens with one attached hydrogen (secondary N) is 2. The Bertz CT molecular complexity index is 532. The summed E-state index contributed by atoms with van der Waals surface area (Å²) >= 11 is 0. The van der Waals surface area contributed by atoms with Gasteiger partial charge in [-0.25, -0.2) is 9.98 Å². The molecular weight excluding hydrogens is 302 g/mol. The molecule has 1 aromatic rings. The van der Waals surface area contributed by atoms with Gasteiger partial charge in [0.25, 0.3) is 0 Å². The summed E-state index contributed by atoms with van der Waals surface area (Å²) in [5.41, 5.74) is -0.0225. The molecule has 2 rings (SSSR count). The second-order valence-corrected chi connectivity index (χ2v) is 7.49. The van der Waals surface area contributed by atoms with E-state index in [-0.39, 0.29) is 5.41 Å². The monoisotopic (exact) mass is 335 g/mol. The van der Waals surface area contributed by atoms with Gasteiger partial charge in [0.05, 0.1) is 6.20 Å². The number of aliphatic imine (C=N–C) groups is 1. The van der Waals surface area contributed by atoms with Crippen LogP contribution in [0.3, 0.4) is 0 Å². The van der Waals surface area contributed by atoms with Crippen molar-refractivity contribution in [3.8, 4) is 0 Å². The molecule has 0 bridgehead atoms. The lowest BCUT2D eigenvalue weighted by Gasteiger charge is -2.16. The van der Waals surface area contributed by atoms with E-state index in [1.807, 2.05) is 6.20 Å². The summed E-state index contributed by atoms with van der Waals surface area (Å²) in [5.74, 6) is 3.09. The van der Waals surface area contributed by atoms with Gasteiger partial charge in [0.2, 0.25) is 5.89 Å². The van der Waals surface area contributed by atoms with E-state index in [0.717, 1.165) is 31.4 Å². The molecule has 0 amide bonds. The summed E-state index contributed by atoms with van der Waals surface area (Å²) in [7, 11) is 0. The number of rotatable bonds is 6. The Morgan fingerprint density at radius 1 is 1.38 bits per heavy atom. The van der Waals surface area contributed by atoms with Gasteiger partial charge >= 0.3 is 0 Å². The summed E-state index contributed by atoms with van der Waals surface area (Å²) in [6.45, 7) is 16.5. The van der Waals surface area contributed by atoms with Gasteiger partial charge < -0.3 is 20.0 Å². The van der Waals surface area contributed by atoms with Gasteiger partial charge in [0, 0.05) is 25.0 Å². The third kappa shape index (κ3) is 5.51. The van der Waals surface area contributed by atoms with Gasteiger partial charge in [-0.3, -0.25) is 0 Å². The summed E-state index contributed by atoms with van der Waals surface area (Å²) < 4.78 is 5.80. The quantitative estimate of drug-likeness (QED) is 0.617. The van der Waals surface area contributed by atoms with Crippen molar-refractivity contribution in [3.05, 3.63) is 17.8 Å². The highest BCUT2D eigenvalue weighted by atomic mass is 16.4. The van der Waals surface area contributed by atoms with Crippen LogP contribution in [0.1, 0.15) is 52.7 Å². The van der Waals surface area contributed by atoms with Crippen LogP contribution >= 0.6 is 0 Å². The Hall–Kier alpha value is -1.56. The maximum atomic E-state index is 5.80. The number of nitrogens with zero attached hydrogens (tertiary/aromatic N) is 3. The summed E-state index contributed by atoms with van der Waals surface area (Å²) in [4.78, 5) is 11.4. The van der Waals surface area contributed by atoms with Crippen LogP contribution in [0, 0.1) is 5.92 Å². The van der Waals surface area contributed by atoms with Crippen LogP contribution < -0.4 is 10.6 Å². The highest BCUT2D eigenvalue weighted by Gasteiger charge is 2.21. The smallest absolute Gasteiger partial charge is 0.216 e. The molecule has 24 heavy (non-hydrogen) atoms. The molecule has 1 saturated heterocycles. The van der Waals surface area contributed by atoms with E-state index in [1.54, 1.807) is 0 Å². The predicted octanol–water partition coefficient (Wildman–Crippen LogP) is 2.37. The topological polar surface area (TPSA) is 65.7 Å². The van der Waals surface area contributed by atoms with Gasteiger partial charge in [-0.1, -0.05) is 27.7 Å². The van der Waals surface area contributed by atoms with Crippen LogP contribution in [-0.4, -0.2) is 48.6 Å². The molecule has 0 aromatic carbocycles. The van der Waals surface area contributed by atoms with Gasteiger partial charge in [0.15, 0.2) is 5.96 Å². The lowest BCUT2D eigenvalue weighted by molar-refractivity contribution is 0.341. The SMILES string of the molecule is CCNC(=NCc1ncc(C(C)(C)C)o1)NCC1CCN(CC)C1. The molecule has 1 fully saturated rings. The van der Waals surface area contributed by atoms with Crippen LogP contribution in [0.25, 0.3) is 0 Å². The third-order valence-corrected chi connectivity index (χ3v) is 4.38. The van der Waals surface area contributed by atoms with Crippen LogP contribution in [0.4, 0.5) is 0 Å². The van der Waals surface area contributed by atoms with E-state index in [2.05, 4.69) is 60.1 Å². The molecule has 1 unspecified atom stereocenters. The molecule has 0 saturated carbocycles. The molecule has 6 heteroatoms. The Balaban J connectivity index is 1.87. The van der Waals surface area contributed by atoms with Crippen LogP contribution in [0.2, 0.25) is 0 Å². The fraction of sp³-hybridized carbons (Fsp3) is 0.778. The fourth-order valence-electron chi connectivity index (χ4n) is 2.83. The van der Waals surface area contributed by atoms with Crippen molar-refractivity contribution in [1.29, 1.82) is 0 Å². The first-order valence-electron chi connectivity index (χ1n) is 9.12. The zero-order chi connectivity index (χ0) is 17.6. The first-order valence-corrected chi connectivity index (χ1v) is 9.12. The van der Waals surface area contributed by atoms with E-state index in [4.69, 9.17) is 4.42 Å². The minimum absolute atomic E-state index is 0.0225. The van der Waals surface area contributed by atoms with Crippen molar-refractivity contribution in [3.63, 3.8) is 0 Å². The molecule has 1 aliphatic heterocycles. The van der Waals surface area contributed by atoms with Crippen molar-refractivity contribution in [2.45, 2.75) is 53.0 Å². The normalized spacial score (nSPS) is 19.7. The minimum atomic E-state index is -0.0225. The average Bonchev–Trinajstić information content (AvgIpc) is 3.18. The standard InChI is InChI=1S/C18H33N5O/c1-6-19-17(21-10-14-8-9-23(7-2)13-14)22-12-16-20-11-15(24-16)18(3,4)5/h11,14H,6-10,12-13H2,1-5H3,(H2,19,21,22). The zero-order valence-corrected chi connectivity index (χ0v) is 15.9. The lowest BCUT2D eigenvalue weighted by Crippen LogP contribution is -2.40. The number of guanidine groups is 1. The Kier molecular flexibility index (Phi) is 6.66. The first-order chi connectivity index (χ1) is 11.4. The summed E-state index contributed by atoms with van der Waals surface area (Å²) in [6, 6.07) is 0. The van der Waals surface area contributed by atoms with Crippen LogP contribution in [0.5, 0.6) is 0 Å². The first kappa shape index (κ1) is 18.8. The van der Waals surface area contributed by atoms with Crippen molar-refractivity contribution in [2.75, 3.05) is 32.7 Å². The Morgan fingerprint density at radius 3 is 2.75 bits per heavy atom. The number of likely N-dealkylation sites (tertiary alicyclic amines) is 1. The molecule has 0 spiro atoms. The predicted molar refractivity (Wildman–Crippen MR) is 98.2 cm³/mol. The fourth-order valence-corrected chi connectivity index (χ4v) is 2.83. The van der Waals surface area contributed by atoms with E-state index < -0.39 is 0 Å². The minimum Gasteiger partial charge on any atom is -0.443 e. The second kappa shape index (κ2) is 8.51. The maximum Gasteiger partial charge on any atom is 0.216 e. The van der Waals surface area contributed by atoms with E-state index in [1.165, 1.54) is 19.5 Å². The van der Waals surface area contributed by atoms with E-state index >= 15 is 0 Å². The molecule has 0 aliphatic carbocycles. The van der Waals surface area contributed by atoms with Crippen molar-refractivity contribution < 1.29 is 4.42 Å². The van der Waals surface area contributed by atoms with Crippen molar-refractivity contribution in [1.82, 2.24) is 20.5 Å². The van der Waals surface area contributed by atoms with Gasteiger partial charge in [-0.15, -0.1) is 0 Å². The van der Waals surface area contributed by atoms with Crippen molar-refractivity contribution >= 4 is 5.96 Å². The number of oxazole rings is 1. The molecule has 1 aliphatic rings. The van der Waals surface area contributed by atoms with Crippen LogP contribution in [0.15, 0.2) is 15.6 Å². The number of aromatic nitrogens is 1. The van der Waals surface area contributed by atoms with E-state index in [9.17, 15) is 0 Å². The summed E-state index contributed by atoms with van der Waals surface area (Å²) in [5, 5.41) is 6.75. The molecule has 2 N–H and O–H groups in total. The molecule has 2 heterocycles. The third-order valence-electron chi connectivity index (χ3n) is 4.38. The highest BCUT2D eigenvalue weighted by Crippen LogP contribution is 2.22. The average molecular weight is 335 g/mol. The Labute approximate surface area is 146 Å². The van der Waals surface area contributed by atoms with Crippen molar-refractivity contribution in [2.24, 2.45) is 10.9 Å². The zero-order valence-electron chi connectivity index (χ0n) is 15.9. The molecule has 6 nitrogen and oxygen atoms in total. The molecule has 0 radical (unpaired) electrons. The summed E-state index contributed by atoms with van der Waals surface area (Å²) in [6.07, 6.45) is 3.07. The van der Waals surface area contributed by atoms with E-state index in [0.29, 0.717) is 18.4 Å². The number of hydrogen-bond acceptors (Lipinski definition) is 4. The second-order valence-electron chi connectivity index (χ2n) is 7.49. The lowest BCUT2D eigenvalue weighted by atomic mass is 9.94. The molecule has 1 atom stereocenters. The van der Waals surface area contributed by atoms with Gasteiger partial charge in [0.1, 0.15) is 12.3 Å². The Morgan fingerprint density at radius 2 is 2.17 bits per heavy atom.